The van der Waals surface area contributed by atoms with Crippen LogP contribution in [0.3, 0.4) is 0 Å². The van der Waals surface area contributed by atoms with Crippen LogP contribution in [0.2, 0.25) is 0 Å². The van der Waals surface area contributed by atoms with Gasteiger partial charge in [-0.2, -0.15) is 0 Å². The van der Waals surface area contributed by atoms with Gasteiger partial charge in [-0.05, 0) is 42.0 Å². The van der Waals surface area contributed by atoms with Crippen molar-refractivity contribution in [2.24, 2.45) is 10.7 Å². The lowest BCUT2D eigenvalue weighted by atomic mass is 10.2. The van der Waals surface area contributed by atoms with Gasteiger partial charge in [0.25, 0.3) is 0 Å². The van der Waals surface area contributed by atoms with Crippen molar-refractivity contribution in [2.75, 3.05) is 19.5 Å². The Morgan fingerprint density at radius 3 is 2.39 bits per heavy atom. The number of benzene rings is 2. The molecular formula is C16H19FIN3O2. The van der Waals surface area contributed by atoms with Gasteiger partial charge >= 0.3 is 0 Å². The minimum absolute atomic E-state index is 0. The molecule has 0 aromatic heterocycles. The standard InChI is InChI=1S/C16H18FN3O2.HI/c1-21-13-6-4-12(5-7-13)20-16(18)19-10-11-3-8-15(22-2)14(17)9-11;/h3-9H,10H2,1-2H3,(H3,18,19,20);1H. The first kappa shape index (κ1) is 19.0. The van der Waals surface area contributed by atoms with Gasteiger partial charge < -0.3 is 20.5 Å². The molecular weight excluding hydrogens is 412 g/mol. The Morgan fingerprint density at radius 1 is 1.13 bits per heavy atom. The van der Waals surface area contributed by atoms with Crippen molar-refractivity contribution in [3.63, 3.8) is 0 Å². The Balaban J connectivity index is 0.00000264. The molecule has 0 unspecified atom stereocenters. The van der Waals surface area contributed by atoms with Gasteiger partial charge in [0, 0.05) is 5.69 Å². The highest BCUT2D eigenvalue weighted by atomic mass is 127. The highest BCUT2D eigenvalue weighted by molar-refractivity contribution is 14.0. The Bertz CT molecular complexity index is 663. The van der Waals surface area contributed by atoms with Crippen LogP contribution in [0.15, 0.2) is 47.5 Å². The zero-order chi connectivity index (χ0) is 15.9. The fourth-order valence-corrected chi connectivity index (χ4v) is 1.85. The van der Waals surface area contributed by atoms with Crippen molar-refractivity contribution >= 4 is 35.6 Å². The summed E-state index contributed by atoms with van der Waals surface area (Å²) in [5, 5.41) is 2.95. The smallest absolute Gasteiger partial charge is 0.193 e. The van der Waals surface area contributed by atoms with Gasteiger partial charge in [0.1, 0.15) is 5.75 Å². The highest BCUT2D eigenvalue weighted by Gasteiger charge is 2.03. The molecule has 0 saturated heterocycles. The number of halogens is 2. The third-order valence-electron chi connectivity index (χ3n) is 3.01. The predicted molar refractivity (Wildman–Crippen MR) is 100 cm³/mol. The molecule has 0 spiro atoms. The zero-order valence-corrected chi connectivity index (χ0v) is 15.2. The van der Waals surface area contributed by atoms with E-state index in [-0.39, 0.29) is 42.2 Å². The molecule has 0 bridgehead atoms. The molecule has 124 valence electrons. The first-order valence-corrected chi connectivity index (χ1v) is 6.66. The van der Waals surface area contributed by atoms with Gasteiger partial charge in [0.15, 0.2) is 17.5 Å². The molecule has 0 radical (unpaired) electrons. The highest BCUT2D eigenvalue weighted by Crippen LogP contribution is 2.18. The summed E-state index contributed by atoms with van der Waals surface area (Å²) in [6, 6.07) is 12.0. The van der Waals surface area contributed by atoms with Gasteiger partial charge in [-0.25, -0.2) is 9.38 Å². The van der Waals surface area contributed by atoms with Crippen LogP contribution in [0, 0.1) is 5.82 Å². The summed E-state index contributed by atoms with van der Waals surface area (Å²) in [6.45, 7) is 0.274. The minimum atomic E-state index is -0.420. The molecule has 7 heteroatoms. The number of guanidine groups is 1. The number of aliphatic imine (C=N–C) groups is 1. The molecule has 0 saturated carbocycles. The van der Waals surface area contributed by atoms with E-state index in [0.717, 1.165) is 11.4 Å². The fourth-order valence-electron chi connectivity index (χ4n) is 1.85. The summed E-state index contributed by atoms with van der Waals surface area (Å²) in [7, 11) is 3.03. The third kappa shape index (κ3) is 5.59. The van der Waals surface area contributed by atoms with Gasteiger partial charge in [0.2, 0.25) is 0 Å². The summed E-state index contributed by atoms with van der Waals surface area (Å²) >= 11 is 0. The molecule has 3 N–H and O–H groups in total. The summed E-state index contributed by atoms with van der Waals surface area (Å²) in [4.78, 5) is 4.17. The second kappa shape index (κ2) is 9.19. The summed E-state index contributed by atoms with van der Waals surface area (Å²) < 4.78 is 23.5. The fraction of sp³-hybridized carbons (Fsp3) is 0.188. The van der Waals surface area contributed by atoms with E-state index in [2.05, 4.69) is 10.3 Å². The van der Waals surface area contributed by atoms with E-state index in [0.29, 0.717) is 5.56 Å². The van der Waals surface area contributed by atoms with Gasteiger partial charge in [-0.3, -0.25) is 0 Å². The topological polar surface area (TPSA) is 68.9 Å². The molecule has 2 aromatic carbocycles. The number of hydrogen-bond acceptors (Lipinski definition) is 3. The van der Waals surface area contributed by atoms with E-state index in [1.165, 1.54) is 13.2 Å². The molecule has 2 rings (SSSR count). The van der Waals surface area contributed by atoms with Gasteiger partial charge in [0.05, 0.1) is 20.8 Å². The number of hydrogen-bond donors (Lipinski definition) is 2. The van der Waals surface area contributed by atoms with Crippen LogP contribution in [-0.2, 0) is 6.54 Å². The normalized spacial score (nSPS) is 10.7. The van der Waals surface area contributed by atoms with Crippen LogP contribution < -0.4 is 20.5 Å². The molecule has 0 atom stereocenters. The minimum Gasteiger partial charge on any atom is -0.497 e. The van der Waals surface area contributed by atoms with Crippen LogP contribution in [0.4, 0.5) is 10.1 Å². The van der Waals surface area contributed by atoms with Crippen molar-refractivity contribution in [3.8, 4) is 11.5 Å². The summed E-state index contributed by atoms with van der Waals surface area (Å²) in [5.41, 5.74) is 7.31. The van der Waals surface area contributed by atoms with E-state index in [4.69, 9.17) is 15.2 Å². The van der Waals surface area contributed by atoms with Gasteiger partial charge in [-0.15, -0.1) is 24.0 Å². The summed E-state index contributed by atoms with van der Waals surface area (Å²) in [6.07, 6.45) is 0. The SMILES string of the molecule is COc1ccc(NC(N)=NCc2ccc(OC)c(F)c2)cc1.I. The lowest BCUT2D eigenvalue weighted by Gasteiger charge is -2.07. The maximum atomic E-state index is 13.6. The Morgan fingerprint density at radius 2 is 1.83 bits per heavy atom. The van der Waals surface area contributed by atoms with E-state index < -0.39 is 5.82 Å². The average molecular weight is 431 g/mol. The van der Waals surface area contributed by atoms with E-state index in [9.17, 15) is 4.39 Å². The van der Waals surface area contributed by atoms with Crippen molar-refractivity contribution < 1.29 is 13.9 Å². The van der Waals surface area contributed by atoms with Crippen LogP contribution in [-0.4, -0.2) is 20.2 Å². The van der Waals surface area contributed by atoms with Crippen LogP contribution >= 0.6 is 24.0 Å². The molecule has 0 aliphatic rings. The van der Waals surface area contributed by atoms with Gasteiger partial charge in [-0.1, -0.05) is 6.07 Å². The second-order valence-corrected chi connectivity index (χ2v) is 4.52. The van der Waals surface area contributed by atoms with E-state index in [1.54, 1.807) is 19.2 Å². The van der Waals surface area contributed by atoms with Crippen LogP contribution in [0.1, 0.15) is 5.56 Å². The lowest BCUT2D eigenvalue weighted by molar-refractivity contribution is 0.386. The lowest BCUT2D eigenvalue weighted by Crippen LogP contribution is -2.22. The molecule has 0 aliphatic heterocycles. The monoisotopic (exact) mass is 431 g/mol. The van der Waals surface area contributed by atoms with E-state index in [1.807, 2.05) is 24.3 Å². The quantitative estimate of drug-likeness (QED) is 0.433. The maximum Gasteiger partial charge on any atom is 0.193 e. The molecule has 23 heavy (non-hydrogen) atoms. The number of methoxy groups -OCH3 is 2. The largest absolute Gasteiger partial charge is 0.497 e. The first-order valence-electron chi connectivity index (χ1n) is 6.66. The number of nitrogens with zero attached hydrogens (tertiary/aromatic N) is 1. The number of nitrogens with two attached hydrogens (primary N) is 1. The number of anilines is 1. The molecule has 5 nitrogen and oxygen atoms in total. The van der Waals surface area contributed by atoms with Crippen molar-refractivity contribution in [3.05, 3.63) is 53.8 Å². The molecule has 0 fully saturated rings. The Kier molecular flexibility index (Phi) is 7.60. The number of nitrogens with one attached hydrogen (secondary N) is 1. The third-order valence-corrected chi connectivity index (χ3v) is 3.01. The Labute approximate surface area is 151 Å². The number of ether oxygens (including phenoxy) is 2. The number of rotatable bonds is 5. The van der Waals surface area contributed by atoms with E-state index >= 15 is 0 Å². The molecule has 0 aliphatic carbocycles. The molecule has 2 aromatic rings. The van der Waals surface area contributed by atoms with Crippen LogP contribution in [0.25, 0.3) is 0 Å². The van der Waals surface area contributed by atoms with Crippen LogP contribution in [0.5, 0.6) is 11.5 Å². The van der Waals surface area contributed by atoms with Crippen molar-refractivity contribution in [1.29, 1.82) is 0 Å². The average Bonchev–Trinajstić information content (AvgIpc) is 2.54. The van der Waals surface area contributed by atoms with Crippen molar-refractivity contribution in [1.82, 2.24) is 0 Å². The second-order valence-electron chi connectivity index (χ2n) is 4.52. The van der Waals surface area contributed by atoms with Crippen molar-refractivity contribution in [2.45, 2.75) is 6.54 Å². The molecule has 0 heterocycles. The first-order chi connectivity index (χ1) is 10.6. The molecule has 0 amide bonds. The maximum absolute atomic E-state index is 13.6. The zero-order valence-electron chi connectivity index (χ0n) is 12.9. The predicted octanol–water partition coefficient (Wildman–Crippen LogP) is 3.39. The Hall–Kier alpha value is -2.03. The summed E-state index contributed by atoms with van der Waals surface area (Å²) in [5.74, 6) is 0.796.